The predicted molar refractivity (Wildman–Crippen MR) is 113 cm³/mol. The quantitative estimate of drug-likeness (QED) is 0.494. The molecule has 0 saturated heterocycles. The lowest BCUT2D eigenvalue weighted by atomic mass is 10.1. The zero-order valence-electron chi connectivity index (χ0n) is 17.1. The number of aryl methyl sites for hydroxylation is 1. The lowest BCUT2D eigenvalue weighted by Crippen LogP contribution is -2.31. The van der Waals surface area contributed by atoms with Gasteiger partial charge in [0.1, 0.15) is 5.75 Å². The van der Waals surface area contributed by atoms with Crippen LogP contribution in [0.2, 0.25) is 0 Å². The maximum atomic E-state index is 13.1. The SMILES string of the molecule is COc1ccc(CN(Cc2cc3cccc(C)c3n3nnnc23)C(=O)C2CC2)cc1. The summed E-state index contributed by atoms with van der Waals surface area (Å²) in [6.45, 7) is 3.06. The number of para-hydroxylation sites is 1. The number of aromatic nitrogens is 4. The first-order valence-corrected chi connectivity index (χ1v) is 10.1. The van der Waals surface area contributed by atoms with Gasteiger partial charge in [-0.2, -0.15) is 4.52 Å². The smallest absolute Gasteiger partial charge is 0.226 e. The van der Waals surface area contributed by atoms with Crippen LogP contribution in [0, 0.1) is 12.8 Å². The maximum absolute atomic E-state index is 13.1. The number of hydrogen-bond acceptors (Lipinski definition) is 5. The van der Waals surface area contributed by atoms with Crippen molar-refractivity contribution in [3.8, 4) is 5.75 Å². The number of methoxy groups -OCH3 is 1. The van der Waals surface area contributed by atoms with Crippen LogP contribution in [-0.2, 0) is 17.9 Å². The number of rotatable bonds is 6. The fourth-order valence-corrected chi connectivity index (χ4v) is 3.95. The Bertz CT molecular complexity index is 1230. The second-order valence-electron chi connectivity index (χ2n) is 7.91. The fourth-order valence-electron chi connectivity index (χ4n) is 3.95. The molecule has 1 fully saturated rings. The van der Waals surface area contributed by atoms with Gasteiger partial charge in [-0.3, -0.25) is 4.79 Å². The van der Waals surface area contributed by atoms with Crippen molar-refractivity contribution in [1.29, 1.82) is 0 Å². The monoisotopic (exact) mass is 401 g/mol. The molecule has 0 atom stereocenters. The molecule has 7 nitrogen and oxygen atoms in total. The molecule has 0 unspecified atom stereocenters. The maximum Gasteiger partial charge on any atom is 0.226 e. The van der Waals surface area contributed by atoms with Crippen LogP contribution in [0.5, 0.6) is 5.75 Å². The van der Waals surface area contributed by atoms with E-state index in [1.165, 1.54) is 0 Å². The lowest BCUT2D eigenvalue weighted by Gasteiger charge is -2.23. The summed E-state index contributed by atoms with van der Waals surface area (Å²) in [6.07, 6.45) is 1.94. The van der Waals surface area contributed by atoms with Gasteiger partial charge in [-0.1, -0.05) is 30.3 Å². The van der Waals surface area contributed by atoms with Gasteiger partial charge in [0.25, 0.3) is 0 Å². The van der Waals surface area contributed by atoms with Gasteiger partial charge < -0.3 is 9.64 Å². The molecule has 1 saturated carbocycles. The summed E-state index contributed by atoms with van der Waals surface area (Å²) >= 11 is 0. The Balaban J connectivity index is 1.53. The van der Waals surface area contributed by atoms with E-state index in [0.29, 0.717) is 18.7 Å². The zero-order valence-corrected chi connectivity index (χ0v) is 17.1. The molecular weight excluding hydrogens is 378 g/mol. The van der Waals surface area contributed by atoms with E-state index in [1.807, 2.05) is 35.2 Å². The van der Waals surface area contributed by atoms with E-state index in [0.717, 1.165) is 46.2 Å². The average molecular weight is 401 g/mol. The van der Waals surface area contributed by atoms with Crippen molar-refractivity contribution in [3.05, 3.63) is 65.2 Å². The third-order valence-electron chi connectivity index (χ3n) is 5.70. The summed E-state index contributed by atoms with van der Waals surface area (Å²) in [4.78, 5) is 15.0. The van der Waals surface area contributed by atoms with Gasteiger partial charge in [-0.15, -0.1) is 5.10 Å². The van der Waals surface area contributed by atoms with Gasteiger partial charge in [-0.25, -0.2) is 0 Å². The molecule has 0 radical (unpaired) electrons. The fraction of sp³-hybridized carbons (Fsp3) is 0.304. The molecular formula is C23H23N5O2. The van der Waals surface area contributed by atoms with E-state index >= 15 is 0 Å². The Morgan fingerprint density at radius 1 is 1.17 bits per heavy atom. The number of carbonyl (C=O) groups is 1. The highest BCUT2D eigenvalue weighted by Crippen LogP contribution is 2.33. The van der Waals surface area contributed by atoms with Gasteiger partial charge in [0.2, 0.25) is 5.91 Å². The van der Waals surface area contributed by atoms with Crippen LogP contribution in [-0.4, -0.2) is 38.0 Å². The molecule has 7 heteroatoms. The predicted octanol–water partition coefficient (Wildman–Crippen LogP) is 3.53. The summed E-state index contributed by atoms with van der Waals surface area (Å²) in [5.74, 6) is 1.14. The third kappa shape index (κ3) is 3.36. The number of pyridine rings is 1. The Kier molecular flexibility index (Phi) is 4.58. The Morgan fingerprint density at radius 3 is 2.70 bits per heavy atom. The van der Waals surface area contributed by atoms with Gasteiger partial charge >= 0.3 is 0 Å². The molecule has 0 bridgehead atoms. The summed E-state index contributed by atoms with van der Waals surface area (Å²) in [5, 5.41) is 13.4. The number of carbonyl (C=O) groups excluding carboxylic acids is 1. The van der Waals surface area contributed by atoms with Gasteiger partial charge in [0.15, 0.2) is 5.65 Å². The molecule has 1 aliphatic rings. The van der Waals surface area contributed by atoms with Gasteiger partial charge in [0.05, 0.1) is 12.6 Å². The van der Waals surface area contributed by atoms with Crippen LogP contribution in [0.15, 0.2) is 48.5 Å². The van der Waals surface area contributed by atoms with Crippen molar-refractivity contribution >= 4 is 22.5 Å². The van der Waals surface area contributed by atoms with Gasteiger partial charge in [-0.05, 0) is 59.5 Å². The molecule has 0 N–H and O–H groups in total. The van der Waals surface area contributed by atoms with Crippen LogP contribution < -0.4 is 4.74 Å². The van der Waals surface area contributed by atoms with Crippen molar-refractivity contribution in [2.24, 2.45) is 5.92 Å². The topological polar surface area (TPSA) is 72.6 Å². The Labute approximate surface area is 174 Å². The summed E-state index contributed by atoms with van der Waals surface area (Å²) in [7, 11) is 1.65. The molecule has 0 spiro atoms. The van der Waals surface area contributed by atoms with Crippen molar-refractivity contribution in [2.45, 2.75) is 32.9 Å². The number of nitrogens with zero attached hydrogens (tertiary/aromatic N) is 5. The standard InChI is InChI=1S/C23H23N5O2/c1-15-4-3-5-18-12-19(22-24-25-26-28(22)21(15)18)14-27(23(29)17-8-9-17)13-16-6-10-20(30-2)11-7-16/h3-7,10-12,17H,8-9,13-14H2,1-2H3. The molecule has 4 aromatic rings. The second-order valence-corrected chi connectivity index (χ2v) is 7.91. The number of tetrazole rings is 1. The first-order chi connectivity index (χ1) is 14.6. The van der Waals surface area contributed by atoms with Crippen molar-refractivity contribution in [1.82, 2.24) is 24.9 Å². The molecule has 1 amide bonds. The minimum atomic E-state index is 0.137. The molecule has 30 heavy (non-hydrogen) atoms. The Hall–Kier alpha value is -3.48. The van der Waals surface area contributed by atoms with Crippen LogP contribution in [0.25, 0.3) is 16.6 Å². The number of hydrogen-bond donors (Lipinski definition) is 0. The largest absolute Gasteiger partial charge is 0.497 e. The van der Waals surface area contributed by atoms with Crippen molar-refractivity contribution in [2.75, 3.05) is 7.11 Å². The van der Waals surface area contributed by atoms with Crippen LogP contribution in [0.3, 0.4) is 0 Å². The van der Waals surface area contributed by atoms with E-state index in [-0.39, 0.29) is 11.8 Å². The van der Waals surface area contributed by atoms with Crippen LogP contribution in [0.4, 0.5) is 0 Å². The van der Waals surface area contributed by atoms with E-state index in [1.54, 1.807) is 11.6 Å². The molecule has 2 aromatic heterocycles. The average Bonchev–Trinajstić information content (AvgIpc) is 3.49. The highest BCUT2D eigenvalue weighted by molar-refractivity contribution is 5.86. The minimum absolute atomic E-state index is 0.137. The first-order valence-electron chi connectivity index (χ1n) is 10.1. The zero-order chi connectivity index (χ0) is 20.7. The first kappa shape index (κ1) is 18.5. The Morgan fingerprint density at radius 2 is 1.97 bits per heavy atom. The number of fused-ring (bicyclic) bond motifs is 3. The van der Waals surface area contributed by atoms with Crippen LogP contribution in [0.1, 0.15) is 29.5 Å². The minimum Gasteiger partial charge on any atom is -0.497 e. The number of benzene rings is 2. The van der Waals surface area contributed by atoms with Crippen molar-refractivity contribution < 1.29 is 9.53 Å². The molecule has 2 heterocycles. The molecule has 2 aromatic carbocycles. The number of amides is 1. The van der Waals surface area contributed by atoms with E-state index in [2.05, 4.69) is 40.6 Å². The summed E-state index contributed by atoms with van der Waals surface area (Å²) in [6, 6.07) is 16.1. The molecule has 5 rings (SSSR count). The second kappa shape index (κ2) is 7.40. The summed E-state index contributed by atoms with van der Waals surface area (Å²) in [5.41, 5.74) is 4.81. The van der Waals surface area contributed by atoms with Gasteiger partial charge in [0, 0.05) is 30.0 Å². The number of ether oxygens (including phenoxy) is 1. The highest BCUT2D eigenvalue weighted by Gasteiger charge is 2.34. The van der Waals surface area contributed by atoms with E-state index < -0.39 is 0 Å². The molecule has 0 aliphatic heterocycles. The lowest BCUT2D eigenvalue weighted by molar-refractivity contribution is -0.133. The van der Waals surface area contributed by atoms with Crippen LogP contribution >= 0.6 is 0 Å². The summed E-state index contributed by atoms with van der Waals surface area (Å²) < 4.78 is 7.03. The normalized spacial score (nSPS) is 13.7. The highest BCUT2D eigenvalue weighted by atomic mass is 16.5. The third-order valence-corrected chi connectivity index (χ3v) is 5.70. The van der Waals surface area contributed by atoms with E-state index in [4.69, 9.17) is 4.74 Å². The molecule has 152 valence electrons. The van der Waals surface area contributed by atoms with Crippen molar-refractivity contribution in [3.63, 3.8) is 0 Å². The van der Waals surface area contributed by atoms with E-state index in [9.17, 15) is 4.79 Å². The molecule has 1 aliphatic carbocycles.